The molecule has 6 heteroatoms. The second-order valence-corrected chi connectivity index (χ2v) is 8.24. The van der Waals surface area contributed by atoms with Gasteiger partial charge in [0.05, 0.1) is 11.6 Å². The van der Waals surface area contributed by atoms with Crippen LogP contribution in [0.3, 0.4) is 0 Å². The van der Waals surface area contributed by atoms with Crippen molar-refractivity contribution in [3.05, 3.63) is 24.0 Å². The number of halogens is 1. The van der Waals surface area contributed by atoms with Gasteiger partial charge in [-0.25, -0.2) is 4.39 Å². The van der Waals surface area contributed by atoms with Gasteiger partial charge >= 0.3 is 0 Å². The average molecular weight is 373 g/mol. The van der Waals surface area contributed by atoms with Crippen molar-refractivity contribution in [3.63, 3.8) is 0 Å². The number of amides is 2. The van der Waals surface area contributed by atoms with Crippen molar-refractivity contribution in [1.82, 2.24) is 4.90 Å². The summed E-state index contributed by atoms with van der Waals surface area (Å²) in [6, 6.07) is 5.61. The highest BCUT2D eigenvalue weighted by Crippen LogP contribution is 2.33. The van der Waals surface area contributed by atoms with Gasteiger partial charge in [-0.05, 0) is 43.9 Å². The van der Waals surface area contributed by atoms with E-state index in [-0.39, 0.29) is 30.0 Å². The molecule has 1 N–H and O–H groups in total. The van der Waals surface area contributed by atoms with Crippen LogP contribution in [0.2, 0.25) is 0 Å². The van der Waals surface area contributed by atoms with Crippen LogP contribution >= 0.6 is 0 Å². The third-order valence-electron chi connectivity index (χ3n) is 6.23. The lowest BCUT2D eigenvalue weighted by Crippen LogP contribution is -2.34. The second kappa shape index (κ2) is 7.49. The Bertz CT molecular complexity index is 728. The van der Waals surface area contributed by atoms with E-state index in [1.54, 1.807) is 12.1 Å². The third-order valence-corrected chi connectivity index (χ3v) is 6.23. The van der Waals surface area contributed by atoms with Crippen LogP contribution in [0.1, 0.15) is 51.4 Å². The van der Waals surface area contributed by atoms with E-state index in [1.807, 2.05) is 16.8 Å². The van der Waals surface area contributed by atoms with Crippen LogP contribution in [0.4, 0.5) is 15.8 Å². The zero-order valence-corrected chi connectivity index (χ0v) is 15.9. The first-order chi connectivity index (χ1) is 13.0. The van der Waals surface area contributed by atoms with Crippen molar-refractivity contribution in [1.29, 1.82) is 0 Å². The summed E-state index contributed by atoms with van der Waals surface area (Å²) in [6.07, 6.45) is 8.20. The number of rotatable bonds is 5. The lowest BCUT2D eigenvalue weighted by Gasteiger charge is -2.33. The lowest BCUT2D eigenvalue weighted by molar-refractivity contribution is -0.128. The summed E-state index contributed by atoms with van der Waals surface area (Å²) in [4.78, 5) is 28.4. The Morgan fingerprint density at radius 1 is 1.19 bits per heavy atom. The topological polar surface area (TPSA) is 52.7 Å². The van der Waals surface area contributed by atoms with Crippen molar-refractivity contribution >= 4 is 23.2 Å². The van der Waals surface area contributed by atoms with Gasteiger partial charge in [0.2, 0.25) is 11.8 Å². The van der Waals surface area contributed by atoms with Gasteiger partial charge in [-0.15, -0.1) is 0 Å². The maximum absolute atomic E-state index is 14.7. The van der Waals surface area contributed by atoms with E-state index in [0.717, 1.165) is 25.7 Å². The van der Waals surface area contributed by atoms with Crippen molar-refractivity contribution in [2.24, 2.45) is 5.92 Å². The van der Waals surface area contributed by atoms with Gasteiger partial charge in [-0.1, -0.05) is 19.3 Å². The van der Waals surface area contributed by atoms with Gasteiger partial charge in [0.1, 0.15) is 5.82 Å². The fraction of sp³-hybridized carbons (Fsp3) is 0.619. The van der Waals surface area contributed by atoms with Crippen LogP contribution in [0.15, 0.2) is 18.2 Å². The lowest BCUT2D eigenvalue weighted by atomic mass is 9.94. The SMILES string of the molecule is CN(c1ccc(NC(=O)[C@H]2CC(=O)N(C3CC3)C2)cc1F)C1CCCCC1. The minimum Gasteiger partial charge on any atom is -0.369 e. The first kappa shape index (κ1) is 18.3. The Hall–Kier alpha value is -2.11. The molecule has 3 fully saturated rings. The molecule has 1 aliphatic heterocycles. The highest BCUT2D eigenvalue weighted by atomic mass is 19.1. The van der Waals surface area contributed by atoms with Crippen LogP contribution in [0.5, 0.6) is 0 Å². The van der Waals surface area contributed by atoms with E-state index in [0.29, 0.717) is 30.0 Å². The molecule has 3 aliphatic rings. The molecule has 1 aromatic rings. The minimum atomic E-state index is -0.342. The zero-order chi connectivity index (χ0) is 19.0. The van der Waals surface area contributed by atoms with E-state index in [9.17, 15) is 14.0 Å². The molecule has 5 nitrogen and oxygen atoms in total. The molecule has 2 aliphatic carbocycles. The van der Waals surface area contributed by atoms with Crippen molar-refractivity contribution < 1.29 is 14.0 Å². The molecule has 1 atom stereocenters. The van der Waals surface area contributed by atoms with Gasteiger partial charge in [0.25, 0.3) is 0 Å². The van der Waals surface area contributed by atoms with Gasteiger partial charge < -0.3 is 15.1 Å². The highest BCUT2D eigenvalue weighted by molar-refractivity contribution is 5.97. The first-order valence-electron chi connectivity index (χ1n) is 10.2. The summed E-state index contributed by atoms with van der Waals surface area (Å²) < 4.78 is 14.7. The number of benzene rings is 1. The predicted octanol–water partition coefficient (Wildman–Crippen LogP) is 3.54. The van der Waals surface area contributed by atoms with Crippen LogP contribution in [0, 0.1) is 11.7 Å². The molecule has 0 bridgehead atoms. The molecule has 0 unspecified atom stereocenters. The summed E-state index contributed by atoms with van der Waals surface area (Å²) in [7, 11) is 1.95. The fourth-order valence-electron chi connectivity index (χ4n) is 4.43. The van der Waals surface area contributed by atoms with E-state index < -0.39 is 0 Å². The van der Waals surface area contributed by atoms with Crippen LogP contribution in [-0.2, 0) is 9.59 Å². The smallest absolute Gasteiger partial charge is 0.229 e. The van der Waals surface area contributed by atoms with Gasteiger partial charge in [0, 0.05) is 37.8 Å². The van der Waals surface area contributed by atoms with Gasteiger partial charge in [0.15, 0.2) is 0 Å². The fourth-order valence-corrected chi connectivity index (χ4v) is 4.43. The quantitative estimate of drug-likeness (QED) is 0.859. The molecule has 1 heterocycles. The first-order valence-corrected chi connectivity index (χ1v) is 10.2. The summed E-state index contributed by atoms with van der Waals surface area (Å²) in [6.45, 7) is 0.486. The average Bonchev–Trinajstić information content (AvgIpc) is 3.43. The monoisotopic (exact) mass is 373 g/mol. The molecular weight excluding hydrogens is 345 g/mol. The number of nitrogens with one attached hydrogen (secondary N) is 1. The molecule has 2 amide bonds. The Kier molecular flexibility index (Phi) is 5.06. The molecular formula is C21H28FN3O2. The van der Waals surface area contributed by atoms with Crippen molar-refractivity contribution in [2.45, 2.75) is 63.5 Å². The van der Waals surface area contributed by atoms with Crippen LogP contribution in [0.25, 0.3) is 0 Å². The molecule has 1 saturated heterocycles. The maximum atomic E-state index is 14.7. The Morgan fingerprint density at radius 2 is 1.93 bits per heavy atom. The number of carbonyl (C=O) groups excluding carboxylic acids is 2. The molecule has 0 radical (unpaired) electrons. The third kappa shape index (κ3) is 3.94. The number of carbonyl (C=O) groups is 2. The maximum Gasteiger partial charge on any atom is 0.229 e. The number of likely N-dealkylation sites (tertiary alicyclic amines) is 1. The molecule has 146 valence electrons. The Balaban J connectivity index is 1.38. The van der Waals surface area contributed by atoms with Gasteiger partial charge in [-0.3, -0.25) is 9.59 Å². The normalized spacial score (nSPS) is 23.6. The molecule has 0 spiro atoms. The molecule has 0 aromatic heterocycles. The molecule has 4 rings (SSSR count). The van der Waals surface area contributed by atoms with Gasteiger partial charge in [-0.2, -0.15) is 0 Å². The van der Waals surface area contributed by atoms with E-state index in [2.05, 4.69) is 5.32 Å². The minimum absolute atomic E-state index is 0.0632. The molecule has 2 saturated carbocycles. The number of hydrogen-bond acceptors (Lipinski definition) is 3. The summed E-state index contributed by atoms with van der Waals surface area (Å²) >= 11 is 0. The standard InChI is InChI=1S/C21H28FN3O2/c1-24(16-5-3-2-4-6-16)19-10-7-15(12-18(19)22)23-21(27)14-11-20(26)25(13-14)17-8-9-17/h7,10,12,14,16-17H,2-6,8-9,11,13H2,1H3,(H,23,27)/t14-/m0/s1. The second-order valence-electron chi connectivity index (χ2n) is 8.24. The largest absolute Gasteiger partial charge is 0.369 e. The Morgan fingerprint density at radius 3 is 2.59 bits per heavy atom. The summed E-state index contributed by atoms with van der Waals surface area (Å²) in [5, 5.41) is 2.79. The summed E-state index contributed by atoms with van der Waals surface area (Å²) in [5.41, 5.74) is 1.03. The highest BCUT2D eigenvalue weighted by Gasteiger charge is 2.41. The van der Waals surface area contributed by atoms with Crippen LogP contribution < -0.4 is 10.2 Å². The van der Waals surface area contributed by atoms with E-state index in [1.165, 1.54) is 25.3 Å². The van der Waals surface area contributed by atoms with E-state index >= 15 is 0 Å². The number of hydrogen-bond donors (Lipinski definition) is 1. The Labute approximate surface area is 159 Å². The number of nitrogens with zero attached hydrogens (tertiary/aromatic N) is 2. The van der Waals surface area contributed by atoms with Crippen molar-refractivity contribution in [2.75, 3.05) is 23.8 Å². The molecule has 27 heavy (non-hydrogen) atoms. The van der Waals surface area contributed by atoms with Crippen molar-refractivity contribution in [3.8, 4) is 0 Å². The summed E-state index contributed by atoms with van der Waals surface area (Å²) in [5.74, 6) is -0.790. The van der Waals surface area contributed by atoms with E-state index in [4.69, 9.17) is 0 Å². The molecule has 1 aromatic carbocycles. The predicted molar refractivity (Wildman–Crippen MR) is 103 cm³/mol. The number of anilines is 2. The zero-order valence-electron chi connectivity index (χ0n) is 15.9. The van der Waals surface area contributed by atoms with Crippen LogP contribution in [-0.4, -0.2) is 42.4 Å².